The summed E-state index contributed by atoms with van der Waals surface area (Å²) in [4.78, 5) is 2.36. The van der Waals surface area contributed by atoms with Crippen molar-refractivity contribution >= 4 is 22.8 Å². The van der Waals surface area contributed by atoms with Gasteiger partial charge in [0.15, 0.2) is 11.5 Å². The van der Waals surface area contributed by atoms with Gasteiger partial charge in [-0.25, -0.2) is 0 Å². The number of thiophene rings is 1. The fourth-order valence-corrected chi connectivity index (χ4v) is 3.41. The van der Waals surface area contributed by atoms with E-state index in [0.717, 1.165) is 29.4 Å². The van der Waals surface area contributed by atoms with Crippen molar-refractivity contribution in [3.63, 3.8) is 0 Å². The Labute approximate surface area is 120 Å². The maximum atomic E-state index is 4.75. The Morgan fingerprint density at radius 3 is 2.95 bits per heavy atom. The molecule has 0 radical (unpaired) electrons. The molecule has 4 heterocycles. The van der Waals surface area contributed by atoms with Crippen LogP contribution in [0, 0.1) is 0 Å². The zero-order valence-corrected chi connectivity index (χ0v) is 12.0. The van der Waals surface area contributed by atoms with E-state index in [9.17, 15) is 0 Å². The van der Waals surface area contributed by atoms with Crippen LogP contribution in [-0.4, -0.2) is 32.4 Å². The van der Waals surface area contributed by atoms with Crippen LogP contribution >= 0.6 is 11.3 Å². The van der Waals surface area contributed by atoms with Gasteiger partial charge in [-0.1, -0.05) is 0 Å². The van der Waals surface area contributed by atoms with Crippen LogP contribution in [-0.2, 0) is 0 Å². The summed E-state index contributed by atoms with van der Waals surface area (Å²) in [5.41, 5.74) is 1.86. The molecule has 0 spiro atoms. The fraction of sp³-hybridized carbons (Fsp3) is 0.357. The van der Waals surface area contributed by atoms with Crippen molar-refractivity contribution in [1.82, 2.24) is 19.8 Å². The smallest absolute Gasteiger partial charge is 0.186 e. The van der Waals surface area contributed by atoms with E-state index in [2.05, 4.69) is 27.4 Å². The molecular weight excluding hydrogens is 270 g/mol. The molecule has 1 saturated heterocycles. The molecule has 3 aromatic heterocycles. The van der Waals surface area contributed by atoms with Crippen molar-refractivity contribution in [2.75, 3.05) is 11.4 Å². The fourth-order valence-electron chi connectivity index (χ4n) is 2.78. The summed E-state index contributed by atoms with van der Waals surface area (Å²) in [5.74, 6) is 1.83. The van der Waals surface area contributed by atoms with Crippen molar-refractivity contribution in [3.05, 3.63) is 29.0 Å². The summed E-state index contributed by atoms with van der Waals surface area (Å²) in [6.45, 7) is 3.33. The second kappa shape index (κ2) is 4.56. The molecule has 102 valence electrons. The van der Waals surface area contributed by atoms with Gasteiger partial charge in [0.1, 0.15) is 5.82 Å². The van der Waals surface area contributed by atoms with Crippen LogP contribution in [0.1, 0.15) is 19.8 Å². The zero-order chi connectivity index (χ0) is 13.5. The molecule has 1 aliphatic rings. The average Bonchev–Trinajstić information content (AvgIpc) is 3.17. The lowest BCUT2D eigenvalue weighted by Gasteiger charge is -2.22. The minimum Gasteiger partial charge on any atom is -0.352 e. The van der Waals surface area contributed by atoms with Gasteiger partial charge in [0.05, 0.1) is 0 Å². The Hall–Kier alpha value is -1.95. The van der Waals surface area contributed by atoms with Crippen LogP contribution in [0.15, 0.2) is 29.0 Å². The first-order valence-corrected chi connectivity index (χ1v) is 7.79. The van der Waals surface area contributed by atoms with Gasteiger partial charge < -0.3 is 4.90 Å². The van der Waals surface area contributed by atoms with Gasteiger partial charge in [0.2, 0.25) is 0 Å². The number of anilines is 1. The molecule has 0 bridgehead atoms. The van der Waals surface area contributed by atoms with Gasteiger partial charge in [-0.2, -0.15) is 15.9 Å². The van der Waals surface area contributed by atoms with E-state index in [1.807, 2.05) is 28.1 Å². The topological polar surface area (TPSA) is 46.3 Å². The predicted molar refractivity (Wildman–Crippen MR) is 80.1 cm³/mol. The lowest BCUT2D eigenvalue weighted by molar-refractivity contribution is 0.717. The molecule has 0 saturated carbocycles. The SMILES string of the molecule is CC1CCCN1c1ccc2nnc(-c3ccsc3)n2n1. The molecule has 0 aliphatic carbocycles. The lowest BCUT2D eigenvalue weighted by atomic mass is 10.2. The van der Waals surface area contributed by atoms with Crippen LogP contribution in [0.2, 0.25) is 0 Å². The third kappa shape index (κ3) is 1.79. The van der Waals surface area contributed by atoms with Crippen molar-refractivity contribution in [1.29, 1.82) is 0 Å². The Balaban J connectivity index is 1.83. The summed E-state index contributed by atoms with van der Waals surface area (Å²) in [6, 6.07) is 6.65. The van der Waals surface area contributed by atoms with Crippen LogP contribution in [0.3, 0.4) is 0 Å². The Morgan fingerprint density at radius 1 is 1.25 bits per heavy atom. The molecule has 20 heavy (non-hydrogen) atoms. The largest absolute Gasteiger partial charge is 0.352 e. The van der Waals surface area contributed by atoms with Crippen molar-refractivity contribution < 1.29 is 0 Å². The molecule has 1 aliphatic heterocycles. The van der Waals surface area contributed by atoms with Gasteiger partial charge in [-0.05, 0) is 43.3 Å². The second-order valence-electron chi connectivity index (χ2n) is 5.18. The van der Waals surface area contributed by atoms with Gasteiger partial charge >= 0.3 is 0 Å². The summed E-state index contributed by atoms with van der Waals surface area (Å²) < 4.78 is 1.85. The van der Waals surface area contributed by atoms with E-state index in [1.165, 1.54) is 12.8 Å². The third-order valence-corrected chi connectivity index (χ3v) is 4.56. The molecule has 1 atom stereocenters. The number of hydrogen-bond acceptors (Lipinski definition) is 5. The highest BCUT2D eigenvalue weighted by molar-refractivity contribution is 7.08. The maximum Gasteiger partial charge on any atom is 0.186 e. The molecule has 5 nitrogen and oxygen atoms in total. The molecule has 3 aromatic rings. The van der Waals surface area contributed by atoms with Crippen LogP contribution in [0.25, 0.3) is 17.0 Å². The van der Waals surface area contributed by atoms with E-state index in [-0.39, 0.29) is 0 Å². The Bertz CT molecular complexity index is 733. The van der Waals surface area contributed by atoms with Gasteiger partial charge in [-0.3, -0.25) is 0 Å². The monoisotopic (exact) mass is 285 g/mol. The lowest BCUT2D eigenvalue weighted by Crippen LogP contribution is -2.27. The highest BCUT2D eigenvalue weighted by Crippen LogP contribution is 2.25. The molecule has 1 fully saturated rings. The molecule has 1 unspecified atom stereocenters. The van der Waals surface area contributed by atoms with Gasteiger partial charge in [0, 0.05) is 23.5 Å². The first-order chi connectivity index (χ1) is 9.83. The molecule has 0 amide bonds. The number of fused-ring (bicyclic) bond motifs is 1. The minimum absolute atomic E-state index is 0.557. The molecular formula is C14H15N5S. The summed E-state index contributed by atoms with van der Waals surface area (Å²) >= 11 is 1.66. The number of nitrogens with zero attached hydrogens (tertiary/aromatic N) is 5. The molecule has 6 heteroatoms. The third-order valence-electron chi connectivity index (χ3n) is 3.88. The van der Waals surface area contributed by atoms with E-state index >= 15 is 0 Å². The minimum atomic E-state index is 0.557. The van der Waals surface area contributed by atoms with Crippen LogP contribution < -0.4 is 4.90 Å². The molecule has 0 aromatic carbocycles. The first-order valence-electron chi connectivity index (χ1n) is 6.84. The van der Waals surface area contributed by atoms with E-state index in [4.69, 9.17) is 5.10 Å². The highest BCUT2D eigenvalue weighted by atomic mass is 32.1. The normalized spacial score (nSPS) is 19.1. The van der Waals surface area contributed by atoms with Crippen molar-refractivity contribution in [2.45, 2.75) is 25.8 Å². The highest BCUT2D eigenvalue weighted by Gasteiger charge is 2.22. The average molecular weight is 285 g/mol. The predicted octanol–water partition coefficient (Wildman–Crippen LogP) is 2.84. The van der Waals surface area contributed by atoms with Crippen LogP contribution in [0.5, 0.6) is 0 Å². The number of aromatic nitrogens is 4. The zero-order valence-electron chi connectivity index (χ0n) is 11.2. The van der Waals surface area contributed by atoms with Crippen molar-refractivity contribution in [3.8, 4) is 11.4 Å². The number of hydrogen-bond donors (Lipinski definition) is 0. The summed E-state index contributed by atoms with van der Waals surface area (Å²) in [7, 11) is 0. The first kappa shape index (κ1) is 11.8. The van der Waals surface area contributed by atoms with Crippen LogP contribution in [0.4, 0.5) is 5.82 Å². The molecule has 0 N–H and O–H groups in total. The second-order valence-corrected chi connectivity index (χ2v) is 5.96. The van der Waals surface area contributed by atoms with E-state index < -0.39 is 0 Å². The summed E-state index contributed by atoms with van der Waals surface area (Å²) in [6.07, 6.45) is 2.47. The van der Waals surface area contributed by atoms with Crippen molar-refractivity contribution in [2.24, 2.45) is 0 Å². The van der Waals surface area contributed by atoms with Gasteiger partial charge in [-0.15, -0.1) is 15.3 Å². The summed E-state index contributed by atoms with van der Waals surface area (Å²) in [5, 5.41) is 17.3. The Kier molecular flexibility index (Phi) is 2.70. The number of rotatable bonds is 2. The van der Waals surface area contributed by atoms with Gasteiger partial charge in [0.25, 0.3) is 0 Å². The Morgan fingerprint density at radius 2 is 2.20 bits per heavy atom. The quantitative estimate of drug-likeness (QED) is 0.726. The maximum absolute atomic E-state index is 4.75. The van der Waals surface area contributed by atoms with E-state index in [0.29, 0.717) is 6.04 Å². The van der Waals surface area contributed by atoms with E-state index in [1.54, 1.807) is 11.3 Å². The molecule has 4 rings (SSSR count). The standard InChI is InChI=1S/C14H15N5S/c1-10-3-2-7-18(10)13-5-4-12-15-16-14(19(12)17-13)11-6-8-20-9-11/h4-6,8-10H,2-3,7H2,1H3.